The molecule has 212 valence electrons. The molecule has 0 unspecified atom stereocenters. The number of hydrogen-bond donors (Lipinski definition) is 1. The van der Waals surface area contributed by atoms with Crippen LogP contribution in [-0.4, -0.2) is 60.0 Å². The highest BCUT2D eigenvalue weighted by molar-refractivity contribution is 5.97. The van der Waals surface area contributed by atoms with Crippen LogP contribution in [0.2, 0.25) is 0 Å². The van der Waals surface area contributed by atoms with Gasteiger partial charge in [0.05, 0.1) is 26.0 Å². The van der Waals surface area contributed by atoms with Crippen molar-refractivity contribution in [3.05, 3.63) is 34.9 Å². The zero-order chi connectivity index (χ0) is 28.3. The lowest BCUT2D eigenvalue weighted by molar-refractivity contribution is -0.723. The van der Waals surface area contributed by atoms with E-state index in [0.29, 0.717) is 30.3 Å². The smallest absolute Gasteiger partial charge is 0.401 e. The number of carbonyl (C=O) groups is 1. The summed E-state index contributed by atoms with van der Waals surface area (Å²) in [5, 5.41) is 9.29. The summed E-state index contributed by atoms with van der Waals surface area (Å²) in [5.41, 5.74) is 10.3. The molecule has 2 N–H and O–H groups in total. The molecule has 0 saturated carbocycles. The molecule has 1 saturated heterocycles. The highest BCUT2D eigenvalue weighted by Gasteiger charge is 2.29. The molecule has 10 nitrogen and oxygen atoms in total. The van der Waals surface area contributed by atoms with Crippen molar-refractivity contribution in [2.75, 3.05) is 44.0 Å². The van der Waals surface area contributed by atoms with Crippen LogP contribution in [-0.2, 0) is 23.1 Å². The lowest BCUT2D eigenvalue weighted by atomic mass is 9.84. The molecule has 1 aromatic carbocycles. The summed E-state index contributed by atoms with van der Waals surface area (Å²) >= 11 is 0. The third-order valence-corrected chi connectivity index (χ3v) is 7.31. The molecule has 0 atom stereocenters. The number of rotatable bonds is 10. The molecule has 0 amide bonds. The number of aryl methyl sites for hydroxylation is 1. The minimum absolute atomic E-state index is 0.0143. The van der Waals surface area contributed by atoms with E-state index in [9.17, 15) is 4.79 Å². The van der Waals surface area contributed by atoms with Gasteiger partial charge in [-0.25, -0.2) is 0 Å². The number of Topliss-reactive ketones (excluding diaryl/α,β-unsaturated/α-hetero) is 1. The predicted octanol–water partition coefficient (Wildman–Crippen LogP) is 3.75. The van der Waals surface area contributed by atoms with Gasteiger partial charge < -0.3 is 19.1 Å². The second kappa shape index (κ2) is 11.8. The Hall–Kier alpha value is -3.40. The summed E-state index contributed by atoms with van der Waals surface area (Å²) in [5.74, 6) is 1.49. The molecule has 1 fully saturated rings. The molecule has 10 heteroatoms. The number of anilines is 2. The van der Waals surface area contributed by atoms with Crippen molar-refractivity contribution in [3.8, 4) is 11.6 Å². The first-order valence-electron chi connectivity index (χ1n) is 13.9. The monoisotopic (exact) mass is 539 g/mol. The molecule has 2 aromatic heterocycles. The van der Waals surface area contributed by atoms with E-state index in [4.69, 9.17) is 25.0 Å². The molecule has 0 bridgehead atoms. The number of aromatic nitrogens is 4. The molecular formula is C29H43N6O4+. The van der Waals surface area contributed by atoms with Crippen molar-refractivity contribution in [2.24, 2.45) is 0 Å². The summed E-state index contributed by atoms with van der Waals surface area (Å²) < 4.78 is 20.7. The average molecular weight is 540 g/mol. The van der Waals surface area contributed by atoms with Crippen molar-refractivity contribution in [1.29, 1.82) is 0 Å². The van der Waals surface area contributed by atoms with Crippen LogP contribution >= 0.6 is 0 Å². The van der Waals surface area contributed by atoms with E-state index in [1.165, 1.54) is 4.68 Å². The number of nitrogens with two attached hydrogens (primary N) is 1. The van der Waals surface area contributed by atoms with Gasteiger partial charge in [-0.05, 0) is 36.8 Å². The van der Waals surface area contributed by atoms with Crippen molar-refractivity contribution < 1.29 is 23.7 Å². The maximum Gasteiger partial charge on any atom is 0.401 e. The van der Waals surface area contributed by atoms with Crippen LogP contribution in [0, 0.1) is 0 Å². The zero-order valence-electron chi connectivity index (χ0n) is 24.4. The van der Waals surface area contributed by atoms with Crippen LogP contribution in [0.5, 0.6) is 11.6 Å². The van der Waals surface area contributed by atoms with Gasteiger partial charge in [-0.1, -0.05) is 56.3 Å². The Labute approximate surface area is 231 Å². The van der Waals surface area contributed by atoms with Gasteiger partial charge in [0, 0.05) is 35.8 Å². The zero-order valence-corrected chi connectivity index (χ0v) is 24.4. The van der Waals surface area contributed by atoms with E-state index in [1.807, 2.05) is 18.2 Å². The minimum atomic E-state index is -0.233. The van der Waals surface area contributed by atoms with Gasteiger partial charge in [-0.15, -0.1) is 4.68 Å². The first-order chi connectivity index (χ1) is 18.6. The third kappa shape index (κ3) is 5.95. The van der Waals surface area contributed by atoms with Gasteiger partial charge >= 0.3 is 5.95 Å². The number of carbonyl (C=O) groups excluding carboxylic acids is 1. The predicted molar refractivity (Wildman–Crippen MR) is 151 cm³/mol. The Morgan fingerprint density at radius 2 is 1.85 bits per heavy atom. The Bertz CT molecular complexity index is 1320. The van der Waals surface area contributed by atoms with Crippen LogP contribution in [0.4, 0.5) is 11.6 Å². The lowest BCUT2D eigenvalue weighted by Crippen LogP contribution is -2.42. The lowest BCUT2D eigenvalue weighted by Gasteiger charge is -2.33. The molecule has 0 radical (unpaired) electrons. The second-order valence-electron chi connectivity index (χ2n) is 11.0. The van der Waals surface area contributed by atoms with Crippen molar-refractivity contribution in [3.63, 3.8) is 0 Å². The summed E-state index contributed by atoms with van der Waals surface area (Å²) in [6, 6.07) is 5.78. The molecule has 3 aromatic rings. The Balaban J connectivity index is 1.73. The quantitative estimate of drug-likeness (QED) is 0.307. The van der Waals surface area contributed by atoms with Crippen LogP contribution in [0.25, 0.3) is 5.65 Å². The molecule has 1 aliphatic rings. The van der Waals surface area contributed by atoms with E-state index in [-0.39, 0.29) is 29.8 Å². The van der Waals surface area contributed by atoms with E-state index in [1.54, 1.807) is 11.6 Å². The van der Waals surface area contributed by atoms with Crippen molar-refractivity contribution in [2.45, 2.75) is 78.9 Å². The average Bonchev–Trinajstić information content (AvgIpc) is 3.25. The Kier molecular flexibility index (Phi) is 8.64. The Morgan fingerprint density at radius 3 is 2.44 bits per heavy atom. The number of nitrogens with zero attached hydrogens (tertiary/aromatic N) is 5. The van der Waals surface area contributed by atoms with E-state index < -0.39 is 0 Å². The van der Waals surface area contributed by atoms with E-state index in [0.717, 1.165) is 54.9 Å². The molecule has 4 rings (SSSR count). The number of benzene rings is 1. The molecule has 3 heterocycles. The van der Waals surface area contributed by atoms with E-state index >= 15 is 0 Å². The van der Waals surface area contributed by atoms with Crippen LogP contribution in [0.15, 0.2) is 18.2 Å². The summed E-state index contributed by atoms with van der Waals surface area (Å²) in [6.45, 7) is 15.3. The van der Waals surface area contributed by atoms with Crippen LogP contribution < -0.4 is 24.8 Å². The summed E-state index contributed by atoms with van der Waals surface area (Å²) in [4.78, 5) is 16.0. The molecule has 39 heavy (non-hydrogen) atoms. The molecule has 1 aliphatic heterocycles. The molecule has 0 aliphatic carbocycles. The van der Waals surface area contributed by atoms with Gasteiger partial charge in [0.15, 0.2) is 12.3 Å². The first kappa shape index (κ1) is 28.6. The SMILES string of the molecule is CCc1cc(OC(CC)CC)nn2c(N)[n+](CC(=O)c3cc(N4CCOCC4)c(OC)c(C(C)(C)C)c3)nc12. The van der Waals surface area contributed by atoms with Crippen LogP contribution in [0.3, 0.4) is 0 Å². The number of ketones is 1. The molecular weight excluding hydrogens is 496 g/mol. The van der Waals surface area contributed by atoms with Gasteiger partial charge in [0.1, 0.15) is 11.9 Å². The third-order valence-electron chi connectivity index (χ3n) is 7.31. The fourth-order valence-electron chi connectivity index (χ4n) is 4.94. The van der Waals surface area contributed by atoms with E-state index in [2.05, 4.69) is 51.5 Å². The number of hydrogen-bond acceptors (Lipinski definition) is 8. The number of ether oxygens (including phenoxy) is 3. The molecule has 0 spiro atoms. The van der Waals surface area contributed by atoms with Crippen molar-refractivity contribution in [1.82, 2.24) is 14.7 Å². The van der Waals surface area contributed by atoms with Gasteiger partial charge in [0.2, 0.25) is 5.88 Å². The number of morpholine rings is 1. The second-order valence-corrected chi connectivity index (χ2v) is 11.0. The van der Waals surface area contributed by atoms with Crippen LogP contribution in [0.1, 0.15) is 75.9 Å². The topological polar surface area (TPSA) is 108 Å². The Morgan fingerprint density at radius 1 is 1.15 bits per heavy atom. The number of nitrogen functional groups attached to an aromatic ring is 1. The number of fused-ring (bicyclic) bond motifs is 1. The largest absolute Gasteiger partial charge is 0.494 e. The maximum absolute atomic E-state index is 13.7. The standard InChI is InChI=1S/C29H42N6O4/c1-8-19-17-25(39-21(9-2)10-3)31-35-27(19)32-34(28(35)30)18-24(36)20-15-22(29(4,5)6)26(37-7)23(16-20)33-11-13-38-14-12-33/h15-17,21,30H,8-14,18H2,1-7H3/p+1. The highest BCUT2D eigenvalue weighted by Crippen LogP contribution is 2.40. The highest BCUT2D eigenvalue weighted by atomic mass is 16.5. The summed E-state index contributed by atoms with van der Waals surface area (Å²) in [7, 11) is 1.68. The maximum atomic E-state index is 13.7. The van der Waals surface area contributed by atoms with Crippen molar-refractivity contribution >= 4 is 23.1 Å². The number of methoxy groups -OCH3 is 1. The van der Waals surface area contributed by atoms with Gasteiger partial charge in [-0.2, -0.15) is 0 Å². The minimum Gasteiger partial charge on any atom is -0.494 e. The van der Waals surface area contributed by atoms with Gasteiger partial charge in [-0.3, -0.25) is 10.5 Å². The normalized spacial score (nSPS) is 14.3. The fraction of sp³-hybridized carbons (Fsp3) is 0.586. The summed E-state index contributed by atoms with van der Waals surface area (Å²) in [6.07, 6.45) is 2.57. The first-order valence-corrected chi connectivity index (χ1v) is 13.9. The fourth-order valence-corrected chi connectivity index (χ4v) is 4.94. The van der Waals surface area contributed by atoms with Gasteiger partial charge in [0.25, 0.3) is 5.65 Å².